The SMILES string of the molecule is C=C(C)[C@@H](CC=C(C)C)C[C@@]12CC(CC=C(C)C)C(C)(C)[C@@](CC=C(C)C)(C(=O)/C(=C(\O)c3ccc(O)c(O)c3)C1=O)C2=O. The number of carbonyl (C=O) groups excluding carboxylic acids is 3. The molecule has 1 aromatic carbocycles. The van der Waals surface area contributed by atoms with E-state index in [1.165, 1.54) is 12.1 Å². The maximum Gasteiger partial charge on any atom is 0.184 e. The van der Waals surface area contributed by atoms with Gasteiger partial charge in [0.25, 0.3) is 0 Å². The standard InChI is InChI=1S/C38H50O6/c1-22(2)11-13-27(25(7)8)20-37-21-28(15-12-23(3)4)36(9,10)38(35(37)44,18-17-24(5)6)34(43)31(33(37)42)32(41)26-14-16-29(39)30(40)19-26/h11-12,14,16-17,19,27-28,39-41H,7,13,15,18,20-21H2,1-6,8-10H3/b32-31-/t27-,28?,37+,38-/m0/s1. The van der Waals surface area contributed by atoms with E-state index >= 15 is 4.79 Å². The summed E-state index contributed by atoms with van der Waals surface area (Å²) in [5.41, 5.74) is -0.453. The first-order valence-electron chi connectivity index (χ1n) is 15.5. The first-order valence-corrected chi connectivity index (χ1v) is 15.5. The number of phenols is 2. The minimum absolute atomic E-state index is 0.0110. The molecule has 44 heavy (non-hydrogen) atoms. The molecule has 0 heterocycles. The zero-order valence-corrected chi connectivity index (χ0v) is 27.9. The van der Waals surface area contributed by atoms with E-state index in [2.05, 4.69) is 18.7 Å². The van der Waals surface area contributed by atoms with Crippen LogP contribution in [0.25, 0.3) is 5.76 Å². The van der Waals surface area contributed by atoms with Crippen molar-refractivity contribution in [1.82, 2.24) is 0 Å². The summed E-state index contributed by atoms with van der Waals surface area (Å²) >= 11 is 0. The van der Waals surface area contributed by atoms with Crippen LogP contribution in [0.5, 0.6) is 11.5 Å². The number of aromatic hydroxyl groups is 2. The van der Waals surface area contributed by atoms with Gasteiger partial charge in [0.15, 0.2) is 28.8 Å². The third-order valence-corrected chi connectivity index (χ3v) is 10.0. The number of Topliss-reactive ketones (excluding diaryl/α,β-unsaturated/α-hetero) is 3. The van der Waals surface area contributed by atoms with Crippen LogP contribution in [-0.4, -0.2) is 32.7 Å². The van der Waals surface area contributed by atoms with Crippen LogP contribution in [0.4, 0.5) is 0 Å². The molecule has 6 nitrogen and oxygen atoms in total. The summed E-state index contributed by atoms with van der Waals surface area (Å²) < 4.78 is 0. The van der Waals surface area contributed by atoms with Gasteiger partial charge in [-0.05, 0) is 116 Å². The molecule has 6 heteroatoms. The molecule has 0 radical (unpaired) electrons. The van der Waals surface area contributed by atoms with Crippen LogP contribution < -0.4 is 0 Å². The molecule has 0 amide bonds. The smallest absolute Gasteiger partial charge is 0.184 e. The molecule has 2 saturated carbocycles. The lowest BCUT2D eigenvalue weighted by molar-refractivity contribution is -0.177. The Kier molecular flexibility index (Phi) is 10.1. The summed E-state index contributed by atoms with van der Waals surface area (Å²) in [6, 6.07) is 3.65. The monoisotopic (exact) mass is 602 g/mol. The Morgan fingerprint density at radius 1 is 0.909 bits per heavy atom. The maximum absolute atomic E-state index is 15.2. The Hall–Kier alpha value is -3.67. The van der Waals surface area contributed by atoms with Crippen LogP contribution in [0.1, 0.15) is 100.0 Å². The summed E-state index contributed by atoms with van der Waals surface area (Å²) in [5.74, 6) is -3.61. The van der Waals surface area contributed by atoms with E-state index in [4.69, 9.17) is 0 Å². The number of rotatable bonds is 10. The van der Waals surface area contributed by atoms with Crippen molar-refractivity contribution in [3.63, 3.8) is 0 Å². The Morgan fingerprint density at radius 2 is 1.50 bits per heavy atom. The molecule has 1 unspecified atom stereocenters. The third-order valence-electron chi connectivity index (χ3n) is 10.0. The Bertz CT molecular complexity index is 1490. The van der Waals surface area contributed by atoms with E-state index in [-0.39, 0.29) is 42.4 Å². The summed E-state index contributed by atoms with van der Waals surface area (Å²) in [7, 11) is 0. The Labute approximate surface area is 263 Å². The molecule has 1 aromatic rings. The van der Waals surface area contributed by atoms with Crippen molar-refractivity contribution in [3.05, 3.63) is 76.4 Å². The lowest BCUT2D eigenvalue weighted by atomic mass is 9.38. The van der Waals surface area contributed by atoms with Crippen molar-refractivity contribution in [2.45, 2.75) is 94.4 Å². The average Bonchev–Trinajstić information content (AvgIpc) is 2.91. The fourth-order valence-corrected chi connectivity index (χ4v) is 7.08. The minimum Gasteiger partial charge on any atom is -0.506 e. The van der Waals surface area contributed by atoms with Crippen molar-refractivity contribution in [3.8, 4) is 11.5 Å². The molecule has 2 bridgehead atoms. The summed E-state index contributed by atoms with van der Waals surface area (Å²) in [4.78, 5) is 44.9. The Morgan fingerprint density at radius 3 is 2.02 bits per heavy atom. The van der Waals surface area contributed by atoms with Crippen molar-refractivity contribution in [1.29, 1.82) is 0 Å². The summed E-state index contributed by atoms with van der Waals surface area (Å²) in [6.07, 6.45) is 7.79. The number of aliphatic hydroxyl groups excluding tert-OH is 1. The van der Waals surface area contributed by atoms with Gasteiger partial charge in [-0.1, -0.05) is 60.9 Å². The van der Waals surface area contributed by atoms with Gasteiger partial charge in [-0.15, -0.1) is 0 Å². The number of benzene rings is 1. The van der Waals surface area contributed by atoms with Crippen molar-refractivity contribution in [2.75, 3.05) is 0 Å². The van der Waals surface area contributed by atoms with Gasteiger partial charge in [0.1, 0.15) is 16.7 Å². The topological polar surface area (TPSA) is 112 Å². The molecule has 0 aliphatic heterocycles. The van der Waals surface area contributed by atoms with E-state index in [0.717, 1.165) is 28.4 Å². The Balaban J connectivity index is 2.47. The normalized spacial score (nSPS) is 26.0. The third kappa shape index (κ3) is 6.00. The molecule has 3 rings (SSSR count). The molecule has 0 spiro atoms. The van der Waals surface area contributed by atoms with Crippen LogP contribution in [0.3, 0.4) is 0 Å². The van der Waals surface area contributed by atoms with Crippen molar-refractivity contribution < 1.29 is 29.7 Å². The van der Waals surface area contributed by atoms with E-state index in [1.54, 1.807) is 0 Å². The molecule has 238 valence electrons. The predicted molar refractivity (Wildman–Crippen MR) is 176 cm³/mol. The first kappa shape index (κ1) is 34.8. The first-order chi connectivity index (χ1) is 20.3. The lowest BCUT2D eigenvalue weighted by Gasteiger charge is -2.60. The highest BCUT2D eigenvalue weighted by molar-refractivity contribution is 6.41. The van der Waals surface area contributed by atoms with Gasteiger partial charge >= 0.3 is 0 Å². The molecular weight excluding hydrogens is 552 g/mol. The fraction of sp³-hybridized carbons (Fsp3) is 0.500. The molecule has 3 N–H and O–H groups in total. The van der Waals surface area contributed by atoms with Gasteiger partial charge in [0.05, 0.1) is 5.41 Å². The molecule has 0 aromatic heterocycles. The summed E-state index contributed by atoms with van der Waals surface area (Å²) in [6.45, 7) is 21.9. The fourth-order valence-electron chi connectivity index (χ4n) is 7.08. The van der Waals surface area contributed by atoms with Crippen LogP contribution in [0.15, 0.2) is 70.9 Å². The van der Waals surface area contributed by atoms with Crippen LogP contribution >= 0.6 is 0 Å². The highest BCUT2D eigenvalue weighted by Gasteiger charge is 2.74. The van der Waals surface area contributed by atoms with Gasteiger partial charge in [-0.25, -0.2) is 0 Å². The number of phenolic OH excluding ortho intramolecular Hbond substituents is 2. The highest BCUT2D eigenvalue weighted by Crippen LogP contribution is 2.66. The highest BCUT2D eigenvalue weighted by atomic mass is 16.3. The lowest BCUT2D eigenvalue weighted by Crippen LogP contribution is -2.69. The molecule has 0 saturated heterocycles. The quantitative estimate of drug-likeness (QED) is 0.0616. The number of allylic oxidation sites excluding steroid dienone is 8. The van der Waals surface area contributed by atoms with E-state index in [1.807, 2.05) is 68.4 Å². The number of fused-ring (bicyclic) bond motifs is 2. The number of hydrogen-bond donors (Lipinski definition) is 3. The van der Waals surface area contributed by atoms with Crippen LogP contribution in [0.2, 0.25) is 0 Å². The summed E-state index contributed by atoms with van der Waals surface area (Å²) in [5, 5.41) is 31.7. The van der Waals surface area contributed by atoms with E-state index in [0.29, 0.717) is 12.8 Å². The molecule has 2 aliphatic rings. The number of ketones is 3. The maximum atomic E-state index is 15.2. The molecule has 2 aliphatic carbocycles. The van der Waals surface area contributed by atoms with Gasteiger partial charge in [-0.3, -0.25) is 14.4 Å². The second-order valence-corrected chi connectivity index (χ2v) is 14.3. The van der Waals surface area contributed by atoms with Crippen molar-refractivity contribution >= 4 is 23.1 Å². The van der Waals surface area contributed by atoms with Gasteiger partial charge in [0, 0.05) is 5.56 Å². The zero-order chi connectivity index (χ0) is 33.4. The number of carbonyl (C=O) groups is 3. The van der Waals surface area contributed by atoms with Gasteiger partial charge in [-0.2, -0.15) is 0 Å². The van der Waals surface area contributed by atoms with Gasteiger partial charge < -0.3 is 15.3 Å². The zero-order valence-electron chi connectivity index (χ0n) is 27.9. The number of hydrogen-bond acceptors (Lipinski definition) is 6. The average molecular weight is 603 g/mol. The van der Waals surface area contributed by atoms with Crippen molar-refractivity contribution in [2.24, 2.45) is 28.1 Å². The molecule has 2 fully saturated rings. The van der Waals surface area contributed by atoms with Crippen LogP contribution in [-0.2, 0) is 14.4 Å². The largest absolute Gasteiger partial charge is 0.506 e. The van der Waals surface area contributed by atoms with E-state index < -0.39 is 50.6 Å². The molecular formula is C38H50O6. The second-order valence-electron chi connectivity index (χ2n) is 14.3. The second kappa shape index (κ2) is 12.7. The molecule has 4 atom stereocenters. The minimum atomic E-state index is -1.62. The van der Waals surface area contributed by atoms with Gasteiger partial charge in [0.2, 0.25) is 0 Å². The van der Waals surface area contributed by atoms with E-state index in [9.17, 15) is 24.9 Å². The number of aliphatic hydroxyl groups is 1. The predicted octanol–water partition coefficient (Wildman–Crippen LogP) is 8.76. The van der Waals surface area contributed by atoms with Crippen LogP contribution in [0, 0.1) is 28.1 Å².